The maximum Gasteiger partial charge on any atom is 0.123 e. The van der Waals surface area contributed by atoms with Crippen molar-refractivity contribution in [2.45, 2.75) is 32.1 Å². The molecule has 0 heterocycles. The fourth-order valence-electron chi connectivity index (χ4n) is 3.89. The highest BCUT2D eigenvalue weighted by atomic mass is 19.1. The summed E-state index contributed by atoms with van der Waals surface area (Å²) in [4.78, 5) is 0. The van der Waals surface area contributed by atoms with Gasteiger partial charge in [0.2, 0.25) is 0 Å². The van der Waals surface area contributed by atoms with E-state index >= 15 is 0 Å². The van der Waals surface area contributed by atoms with Crippen LogP contribution < -0.4 is 0 Å². The van der Waals surface area contributed by atoms with Gasteiger partial charge in [-0.1, -0.05) is 97.9 Å². The van der Waals surface area contributed by atoms with Crippen LogP contribution in [0, 0.1) is 5.82 Å². The Kier molecular flexibility index (Phi) is 6.39. The number of benzene rings is 4. The molecule has 0 N–H and O–H groups in total. The van der Waals surface area contributed by atoms with Gasteiger partial charge in [-0.2, -0.15) is 0 Å². The first-order valence-electron chi connectivity index (χ1n) is 10.6. The smallest absolute Gasteiger partial charge is 0.123 e. The van der Waals surface area contributed by atoms with E-state index in [2.05, 4.69) is 85.8 Å². The molecule has 1 atom stereocenters. The van der Waals surface area contributed by atoms with Crippen LogP contribution in [-0.2, 0) is 19.3 Å². The maximum atomic E-state index is 13.1. The average molecular weight is 395 g/mol. The highest BCUT2D eigenvalue weighted by Crippen LogP contribution is 2.22. The van der Waals surface area contributed by atoms with Gasteiger partial charge in [0.15, 0.2) is 0 Å². The van der Waals surface area contributed by atoms with Crippen LogP contribution in [0.25, 0.3) is 11.1 Å². The van der Waals surface area contributed by atoms with Gasteiger partial charge in [-0.05, 0) is 70.7 Å². The first kappa shape index (κ1) is 20.1. The summed E-state index contributed by atoms with van der Waals surface area (Å²) < 4.78 is 13.1. The van der Waals surface area contributed by atoms with Crippen LogP contribution in [0.5, 0.6) is 0 Å². The van der Waals surface area contributed by atoms with Crippen molar-refractivity contribution in [3.63, 3.8) is 0 Å². The zero-order chi connectivity index (χ0) is 20.8. The Labute approximate surface area is 179 Å². The summed E-state index contributed by atoms with van der Waals surface area (Å²) in [5.41, 5.74) is 7.64. The molecule has 0 aliphatic heterocycles. The first-order valence-corrected chi connectivity index (χ1v) is 10.6. The molecule has 0 nitrogen and oxygen atoms in total. The summed E-state index contributed by atoms with van der Waals surface area (Å²) in [6, 6.07) is 35.0. The summed E-state index contributed by atoms with van der Waals surface area (Å²) in [6.07, 6.45) is 3.11. The van der Waals surface area contributed by atoms with Gasteiger partial charge in [-0.15, -0.1) is 0 Å². The van der Waals surface area contributed by atoms with E-state index in [1.165, 1.54) is 34.4 Å². The molecular formula is C29H27F. The van der Waals surface area contributed by atoms with Crippen LogP contribution in [0.15, 0.2) is 103 Å². The fraction of sp³-hybridized carbons (Fsp3) is 0.172. The maximum absolute atomic E-state index is 13.1. The zero-order valence-corrected chi connectivity index (χ0v) is 17.4. The molecule has 4 aromatic carbocycles. The lowest BCUT2D eigenvalue weighted by molar-refractivity contribution is 0.628. The fourth-order valence-corrected chi connectivity index (χ4v) is 3.89. The predicted octanol–water partition coefficient (Wildman–Crippen LogP) is 7.62. The van der Waals surface area contributed by atoms with E-state index in [0.29, 0.717) is 5.92 Å². The van der Waals surface area contributed by atoms with Gasteiger partial charge in [0.25, 0.3) is 0 Å². The molecule has 0 saturated heterocycles. The van der Waals surface area contributed by atoms with Gasteiger partial charge < -0.3 is 0 Å². The van der Waals surface area contributed by atoms with Crippen LogP contribution in [0.1, 0.15) is 35.1 Å². The molecule has 0 saturated carbocycles. The Hall–Kier alpha value is -3.19. The van der Waals surface area contributed by atoms with Crippen LogP contribution in [0.4, 0.5) is 4.39 Å². The van der Waals surface area contributed by atoms with E-state index in [9.17, 15) is 4.39 Å². The van der Waals surface area contributed by atoms with Crippen molar-refractivity contribution in [1.82, 2.24) is 0 Å². The molecule has 0 fully saturated rings. The van der Waals surface area contributed by atoms with Gasteiger partial charge in [0.05, 0.1) is 0 Å². The molecule has 30 heavy (non-hydrogen) atoms. The molecule has 0 radical (unpaired) electrons. The van der Waals surface area contributed by atoms with Crippen molar-refractivity contribution in [1.29, 1.82) is 0 Å². The number of aryl methyl sites for hydroxylation is 2. The van der Waals surface area contributed by atoms with E-state index < -0.39 is 0 Å². The van der Waals surface area contributed by atoms with Gasteiger partial charge in [0, 0.05) is 0 Å². The van der Waals surface area contributed by atoms with E-state index in [-0.39, 0.29) is 5.82 Å². The van der Waals surface area contributed by atoms with E-state index in [0.717, 1.165) is 30.4 Å². The molecule has 1 heteroatoms. The molecule has 0 spiro atoms. The number of hydrogen-bond acceptors (Lipinski definition) is 0. The summed E-state index contributed by atoms with van der Waals surface area (Å²) >= 11 is 0. The monoisotopic (exact) mass is 394 g/mol. The zero-order valence-electron chi connectivity index (χ0n) is 17.4. The number of hydrogen-bond donors (Lipinski definition) is 0. The van der Waals surface area contributed by atoms with Gasteiger partial charge >= 0.3 is 0 Å². The first-order chi connectivity index (χ1) is 14.7. The molecular weight excluding hydrogens is 367 g/mol. The van der Waals surface area contributed by atoms with Crippen molar-refractivity contribution in [2.75, 3.05) is 0 Å². The van der Waals surface area contributed by atoms with Gasteiger partial charge in [-0.3, -0.25) is 0 Å². The largest absolute Gasteiger partial charge is 0.207 e. The van der Waals surface area contributed by atoms with Crippen molar-refractivity contribution < 1.29 is 4.39 Å². The quantitative estimate of drug-likeness (QED) is 0.302. The Morgan fingerprint density at radius 3 is 1.60 bits per heavy atom. The third-order valence-electron chi connectivity index (χ3n) is 5.77. The van der Waals surface area contributed by atoms with Crippen molar-refractivity contribution in [2.24, 2.45) is 0 Å². The Balaban J connectivity index is 1.32. The topological polar surface area (TPSA) is 0 Å². The van der Waals surface area contributed by atoms with Crippen molar-refractivity contribution in [3.8, 4) is 11.1 Å². The van der Waals surface area contributed by atoms with Gasteiger partial charge in [-0.25, -0.2) is 4.39 Å². The molecule has 0 aromatic heterocycles. The number of rotatable bonds is 7. The highest BCUT2D eigenvalue weighted by molar-refractivity contribution is 5.63. The SMILES string of the molecule is C[C@H](Cc1ccc(CCc2ccc(-c3ccc(F)cc3)cc2)cc1)c1ccccc1. The molecule has 0 unspecified atom stereocenters. The minimum atomic E-state index is -0.198. The molecule has 4 rings (SSSR count). The average Bonchev–Trinajstić information content (AvgIpc) is 2.80. The van der Waals surface area contributed by atoms with Gasteiger partial charge in [0.1, 0.15) is 5.82 Å². The van der Waals surface area contributed by atoms with Crippen molar-refractivity contribution in [3.05, 3.63) is 131 Å². The third kappa shape index (κ3) is 5.24. The lowest BCUT2D eigenvalue weighted by Gasteiger charge is -2.12. The predicted molar refractivity (Wildman–Crippen MR) is 124 cm³/mol. The minimum Gasteiger partial charge on any atom is -0.207 e. The van der Waals surface area contributed by atoms with E-state index in [4.69, 9.17) is 0 Å². The number of halogens is 1. The second-order valence-corrected chi connectivity index (χ2v) is 8.04. The third-order valence-corrected chi connectivity index (χ3v) is 5.77. The lowest BCUT2D eigenvalue weighted by Crippen LogP contribution is -1.99. The van der Waals surface area contributed by atoms with Crippen LogP contribution in [-0.4, -0.2) is 0 Å². The van der Waals surface area contributed by atoms with Crippen LogP contribution in [0.2, 0.25) is 0 Å². The molecule has 0 aliphatic carbocycles. The standard InChI is InChI=1S/C29H27F/c1-22(26-5-3-2-4-6-26)21-25-11-9-23(10-12-25)7-8-24-13-15-27(16-14-24)28-17-19-29(30)20-18-28/h2-6,9-20,22H,7-8,21H2,1H3/t22-/m1/s1. The van der Waals surface area contributed by atoms with Crippen molar-refractivity contribution >= 4 is 0 Å². The Morgan fingerprint density at radius 1 is 0.567 bits per heavy atom. The second-order valence-electron chi connectivity index (χ2n) is 8.04. The van der Waals surface area contributed by atoms with Crippen LogP contribution >= 0.6 is 0 Å². The van der Waals surface area contributed by atoms with E-state index in [1.807, 2.05) is 12.1 Å². The summed E-state index contributed by atoms with van der Waals surface area (Å²) in [7, 11) is 0. The summed E-state index contributed by atoms with van der Waals surface area (Å²) in [6.45, 7) is 2.29. The summed E-state index contributed by atoms with van der Waals surface area (Å²) in [5, 5.41) is 0. The summed E-state index contributed by atoms with van der Waals surface area (Å²) in [5.74, 6) is 0.326. The second kappa shape index (κ2) is 9.54. The minimum absolute atomic E-state index is 0.198. The normalized spacial score (nSPS) is 11.9. The van der Waals surface area contributed by atoms with E-state index in [1.54, 1.807) is 0 Å². The molecule has 0 amide bonds. The lowest BCUT2D eigenvalue weighted by atomic mass is 9.93. The Bertz CT molecular complexity index is 1050. The molecule has 4 aromatic rings. The Morgan fingerprint density at radius 2 is 1.03 bits per heavy atom. The molecule has 0 bridgehead atoms. The molecule has 0 aliphatic rings. The molecule has 150 valence electrons. The van der Waals surface area contributed by atoms with Crippen LogP contribution in [0.3, 0.4) is 0 Å². The highest BCUT2D eigenvalue weighted by Gasteiger charge is 2.06.